The van der Waals surface area contributed by atoms with Crippen molar-refractivity contribution >= 4 is 17.3 Å². The lowest BCUT2D eigenvalue weighted by molar-refractivity contribution is -0.128. The summed E-state index contributed by atoms with van der Waals surface area (Å²) in [7, 11) is 0. The Morgan fingerprint density at radius 1 is 1.35 bits per heavy atom. The minimum Gasteiger partial charge on any atom is -0.396 e. The highest BCUT2D eigenvalue weighted by Crippen LogP contribution is 2.29. The number of rotatable bonds is 5. The molecule has 0 atom stereocenters. The largest absolute Gasteiger partial charge is 0.396 e. The van der Waals surface area contributed by atoms with Crippen molar-refractivity contribution in [3.8, 4) is 0 Å². The molecule has 1 aliphatic heterocycles. The smallest absolute Gasteiger partial charge is 0.0682 e. The van der Waals surface area contributed by atoms with Gasteiger partial charge in [0.15, 0.2) is 0 Å². The molecule has 1 heterocycles. The van der Waals surface area contributed by atoms with E-state index in [2.05, 4.69) is 5.32 Å². The zero-order valence-electron chi connectivity index (χ0n) is 9.45. The van der Waals surface area contributed by atoms with Gasteiger partial charge in [-0.1, -0.05) is 17.7 Å². The van der Waals surface area contributed by atoms with Crippen molar-refractivity contribution in [1.82, 2.24) is 0 Å². The zero-order valence-corrected chi connectivity index (χ0v) is 10.2. The second kappa shape index (κ2) is 5.23. The third-order valence-corrected chi connectivity index (χ3v) is 3.35. The molecule has 4 nitrogen and oxygen atoms in total. The van der Waals surface area contributed by atoms with E-state index in [1.54, 1.807) is 12.1 Å². The Morgan fingerprint density at radius 3 is 2.65 bits per heavy atom. The molecule has 3 N–H and O–H groups in total. The van der Waals surface area contributed by atoms with Gasteiger partial charge in [0.2, 0.25) is 0 Å². The van der Waals surface area contributed by atoms with E-state index in [1.807, 2.05) is 6.07 Å². The van der Waals surface area contributed by atoms with Crippen LogP contribution in [0.15, 0.2) is 18.2 Å². The molecule has 2 rings (SSSR count). The molecule has 1 aromatic carbocycles. The maximum atomic E-state index is 9.29. The summed E-state index contributed by atoms with van der Waals surface area (Å²) in [6, 6.07) is 5.34. The monoisotopic (exact) mass is 257 g/mol. The van der Waals surface area contributed by atoms with Crippen LogP contribution in [-0.4, -0.2) is 36.6 Å². The lowest BCUT2D eigenvalue weighted by atomic mass is 9.87. The van der Waals surface area contributed by atoms with Crippen LogP contribution in [0, 0.1) is 5.41 Å². The highest BCUT2D eigenvalue weighted by atomic mass is 35.5. The first kappa shape index (κ1) is 12.6. The number of hydrogen-bond acceptors (Lipinski definition) is 4. The Hall–Kier alpha value is -0.810. The molecule has 94 valence electrons. The fraction of sp³-hybridized carbons (Fsp3) is 0.500. The van der Waals surface area contributed by atoms with Crippen LogP contribution in [0.5, 0.6) is 0 Å². The molecule has 0 bridgehead atoms. The van der Waals surface area contributed by atoms with Crippen LogP contribution in [0.2, 0.25) is 5.02 Å². The Balaban J connectivity index is 2.02. The van der Waals surface area contributed by atoms with Gasteiger partial charge in [-0.05, 0) is 17.7 Å². The summed E-state index contributed by atoms with van der Waals surface area (Å²) >= 11 is 6.05. The Morgan fingerprint density at radius 2 is 2.12 bits per heavy atom. The van der Waals surface area contributed by atoms with E-state index in [0.29, 0.717) is 24.8 Å². The Labute approximate surface area is 105 Å². The van der Waals surface area contributed by atoms with Crippen LogP contribution in [0.25, 0.3) is 0 Å². The molecular formula is C12H16ClNO3. The van der Waals surface area contributed by atoms with E-state index >= 15 is 0 Å². The molecule has 0 aromatic heterocycles. The first-order valence-corrected chi connectivity index (χ1v) is 5.89. The van der Waals surface area contributed by atoms with Crippen molar-refractivity contribution in [3.63, 3.8) is 0 Å². The van der Waals surface area contributed by atoms with E-state index in [9.17, 15) is 5.11 Å². The average molecular weight is 258 g/mol. The minimum absolute atomic E-state index is 0.0138. The van der Waals surface area contributed by atoms with Gasteiger partial charge in [-0.2, -0.15) is 0 Å². The lowest BCUT2D eigenvalue weighted by Crippen LogP contribution is -2.50. The van der Waals surface area contributed by atoms with E-state index in [0.717, 1.165) is 11.3 Å². The fourth-order valence-corrected chi connectivity index (χ4v) is 1.91. The molecule has 0 saturated carbocycles. The van der Waals surface area contributed by atoms with E-state index < -0.39 is 0 Å². The normalized spacial score (nSPS) is 17.6. The molecular weight excluding hydrogens is 242 g/mol. The molecule has 1 fully saturated rings. The number of anilines is 1. The van der Waals surface area contributed by atoms with Gasteiger partial charge in [-0.25, -0.2) is 0 Å². The lowest BCUT2D eigenvalue weighted by Gasteiger charge is -2.40. The second-order valence-electron chi connectivity index (χ2n) is 4.48. The Bertz CT molecular complexity index is 388. The standard InChI is InChI=1S/C12H16ClNO3/c13-10-2-1-9(4-15)3-11(10)14-5-12(6-16)7-17-8-12/h1-3,14-16H,4-8H2. The van der Waals surface area contributed by atoms with Gasteiger partial charge in [-0.15, -0.1) is 0 Å². The topological polar surface area (TPSA) is 61.7 Å². The molecule has 0 spiro atoms. The summed E-state index contributed by atoms with van der Waals surface area (Å²) in [5, 5.41) is 22.2. The van der Waals surface area contributed by atoms with Gasteiger partial charge in [0.05, 0.1) is 42.6 Å². The van der Waals surface area contributed by atoms with Gasteiger partial charge >= 0.3 is 0 Å². The van der Waals surface area contributed by atoms with Crippen LogP contribution < -0.4 is 5.32 Å². The third kappa shape index (κ3) is 2.72. The van der Waals surface area contributed by atoms with Crippen molar-refractivity contribution < 1.29 is 14.9 Å². The summed E-state index contributed by atoms with van der Waals surface area (Å²) in [5.74, 6) is 0. The summed E-state index contributed by atoms with van der Waals surface area (Å²) in [6.45, 7) is 1.82. The SMILES string of the molecule is OCc1ccc(Cl)c(NCC2(CO)COC2)c1. The van der Waals surface area contributed by atoms with Gasteiger partial charge in [-0.3, -0.25) is 0 Å². The second-order valence-corrected chi connectivity index (χ2v) is 4.88. The molecule has 5 heteroatoms. The highest BCUT2D eigenvalue weighted by Gasteiger charge is 2.37. The molecule has 0 amide bonds. The maximum absolute atomic E-state index is 9.29. The number of aliphatic hydroxyl groups excluding tert-OH is 2. The van der Waals surface area contributed by atoms with E-state index in [-0.39, 0.29) is 18.6 Å². The van der Waals surface area contributed by atoms with Gasteiger partial charge < -0.3 is 20.3 Å². The van der Waals surface area contributed by atoms with E-state index in [4.69, 9.17) is 21.4 Å². The summed E-state index contributed by atoms with van der Waals surface area (Å²) in [6.07, 6.45) is 0. The van der Waals surface area contributed by atoms with Crippen molar-refractivity contribution in [3.05, 3.63) is 28.8 Å². The molecule has 1 aliphatic rings. The van der Waals surface area contributed by atoms with Crippen molar-refractivity contribution in [2.24, 2.45) is 5.41 Å². The first-order chi connectivity index (χ1) is 8.19. The van der Waals surface area contributed by atoms with Gasteiger partial charge in [0.25, 0.3) is 0 Å². The van der Waals surface area contributed by atoms with Crippen molar-refractivity contribution in [2.75, 3.05) is 31.7 Å². The molecule has 0 unspecified atom stereocenters. The van der Waals surface area contributed by atoms with Gasteiger partial charge in [0, 0.05) is 6.54 Å². The average Bonchev–Trinajstić information content (AvgIpc) is 2.30. The molecule has 1 aromatic rings. The number of ether oxygens (including phenoxy) is 1. The van der Waals surface area contributed by atoms with Crippen LogP contribution in [0.4, 0.5) is 5.69 Å². The Kier molecular flexibility index (Phi) is 3.89. The molecule has 0 aliphatic carbocycles. The summed E-state index contributed by atoms with van der Waals surface area (Å²) in [5.41, 5.74) is 1.39. The number of benzene rings is 1. The molecule has 0 radical (unpaired) electrons. The summed E-state index contributed by atoms with van der Waals surface area (Å²) in [4.78, 5) is 0. The van der Waals surface area contributed by atoms with Crippen LogP contribution >= 0.6 is 11.6 Å². The van der Waals surface area contributed by atoms with Crippen LogP contribution in [0.3, 0.4) is 0 Å². The summed E-state index contributed by atoms with van der Waals surface area (Å²) < 4.78 is 5.12. The number of halogens is 1. The van der Waals surface area contributed by atoms with Crippen LogP contribution in [-0.2, 0) is 11.3 Å². The van der Waals surface area contributed by atoms with Crippen molar-refractivity contribution in [2.45, 2.75) is 6.61 Å². The fourth-order valence-electron chi connectivity index (χ4n) is 1.73. The number of nitrogens with one attached hydrogen (secondary N) is 1. The molecule has 1 saturated heterocycles. The minimum atomic E-state index is -0.196. The van der Waals surface area contributed by atoms with E-state index in [1.165, 1.54) is 0 Å². The van der Waals surface area contributed by atoms with Crippen molar-refractivity contribution in [1.29, 1.82) is 0 Å². The maximum Gasteiger partial charge on any atom is 0.0682 e. The predicted octanol–water partition coefficient (Wildman–Crippen LogP) is 1.25. The predicted molar refractivity (Wildman–Crippen MR) is 66.2 cm³/mol. The number of hydrogen-bond donors (Lipinski definition) is 3. The molecule has 17 heavy (non-hydrogen) atoms. The zero-order chi connectivity index (χ0) is 12.3. The third-order valence-electron chi connectivity index (χ3n) is 3.02. The highest BCUT2D eigenvalue weighted by molar-refractivity contribution is 6.33. The van der Waals surface area contributed by atoms with Gasteiger partial charge in [0.1, 0.15) is 0 Å². The van der Waals surface area contributed by atoms with Crippen LogP contribution in [0.1, 0.15) is 5.56 Å². The number of aliphatic hydroxyl groups is 2. The quantitative estimate of drug-likeness (QED) is 0.743. The first-order valence-electron chi connectivity index (χ1n) is 5.51.